The highest BCUT2D eigenvalue weighted by atomic mass is 35.5. The first-order valence-corrected chi connectivity index (χ1v) is 13.6. The van der Waals surface area contributed by atoms with E-state index >= 15 is 0 Å². The van der Waals surface area contributed by atoms with E-state index in [1.165, 1.54) is 35.2 Å². The number of benzene rings is 3. The van der Waals surface area contributed by atoms with Gasteiger partial charge in [0.05, 0.1) is 10.6 Å². The van der Waals surface area contributed by atoms with E-state index < -0.39 is 34.3 Å². The molecule has 2 amide bonds. The van der Waals surface area contributed by atoms with Crippen molar-refractivity contribution in [3.63, 3.8) is 0 Å². The third-order valence-electron chi connectivity index (χ3n) is 5.69. The maximum absolute atomic E-state index is 14.8. The summed E-state index contributed by atoms with van der Waals surface area (Å²) < 4.78 is 42.7. The Morgan fingerprint density at radius 3 is 2.32 bits per heavy atom. The van der Waals surface area contributed by atoms with Crippen molar-refractivity contribution >= 4 is 39.1 Å². The Hall–Kier alpha value is -3.43. The Balaban J connectivity index is 2.02. The molecule has 0 saturated carbocycles. The van der Waals surface area contributed by atoms with Crippen molar-refractivity contribution in [1.29, 1.82) is 0 Å². The number of amides is 2. The molecule has 1 N–H and O–H groups in total. The SMILES string of the molecule is CCCNC(=O)[C@H](C)N(Cc1cccc(Cl)c1)C(=O)CN(c1ccccc1F)S(=O)(=O)c1ccccc1. The smallest absolute Gasteiger partial charge is 0.264 e. The van der Waals surface area contributed by atoms with Gasteiger partial charge in [-0.3, -0.25) is 13.9 Å². The highest BCUT2D eigenvalue weighted by Crippen LogP contribution is 2.27. The number of carbonyl (C=O) groups excluding carboxylic acids is 2. The van der Waals surface area contributed by atoms with Crippen LogP contribution >= 0.6 is 11.6 Å². The fourth-order valence-electron chi connectivity index (χ4n) is 3.70. The summed E-state index contributed by atoms with van der Waals surface area (Å²) in [4.78, 5) is 27.7. The second-order valence-electron chi connectivity index (χ2n) is 8.39. The van der Waals surface area contributed by atoms with Crippen LogP contribution in [0.5, 0.6) is 0 Å². The first-order chi connectivity index (χ1) is 17.6. The van der Waals surface area contributed by atoms with E-state index in [1.807, 2.05) is 6.92 Å². The third-order valence-corrected chi connectivity index (χ3v) is 7.70. The minimum absolute atomic E-state index is 0.00337. The molecule has 0 radical (unpaired) electrons. The van der Waals surface area contributed by atoms with E-state index in [0.717, 1.165) is 10.4 Å². The van der Waals surface area contributed by atoms with Gasteiger partial charge in [-0.05, 0) is 55.3 Å². The first kappa shape index (κ1) is 28.1. The third kappa shape index (κ3) is 7.08. The molecule has 0 fully saturated rings. The van der Waals surface area contributed by atoms with Crippen molar-refractivity contribution in [1.82, 2.24) is 10.2 Å². The Labute approximate surface area is 221 Å². The first-order valence-electron chi connectivity index (χ1n) is 11.8. The van der Waals surface area contributed by atoms with E-state index in [4.69, 9.17) is 11.6 Å². The number of para-hydroxylation sites is 1. The molecule has 0 aliphatic heterocycles. The van der Waals surface area contributed by atoms with Gasteiger partial charge in [0.1, 0.15) is 18.4 Å². The van der Waals surface area contributed by atoms with Crippen LogP contribution in [-0.2, 0) is 26.2 Å². The van der Waals surface area contributed by atoms with Crippen molar-refractivity contribution in [3.8, 4) is 0 Å². The number of anilines is 1. The fourth-order valence-corrected chi connectivity index (χ4v) is 5.35. The van der Waals surface area contributed by atoms with Gasteiger partial charge in [-0.15, -0.1) is 0 Å². The molecule has 196 valence electrons. The largest absolute Gasteiger partial charge is 0.354 e. The number of rotatable bonds is 11. The molecule has 37 heavy (non-hydrogen) atoms. The molecule has 3 rings (SSSR count). The molecule has 3 aromatic carbocycles. The Bertz CT molecular complexity index is 1340. The van der Waals surface area contributed by atoms with Gasteiger partial charge in [0.15, 0.2) is 0 Å². The van der Waals surface area contributed by atoms with E-state index in [1.54, 1.807) is 49.4 Å². The van der Waals surface area contributed by atoms with Crippen LogP contribution in [0.25, 0.3) is 0 Å². The van der Waals surface area contributed by atoms with E-state index in [2.05, 4.69) is 5.32 Å². The normalized spacial score (nSPS) is 12.0. The standard InChI is InChI=1S/C27H29ClFN3O4S/c1-3-16-30-27(34)20(2)31(18-21-10-9-11-22(28)17-21)26(33)19-32(25-15-8-7-14-24(25)29)37(35,36)23-12-5-4-6-13-23/h4-15,17,20H,3,16,18-19H2,1-2H3,(H,30,34)/t20-/m0/s1. The topological polar surface area (TPSA) is 86.8 Å². The predicted octanol–water partition coefficient (Wildman–Crippen LogP) is 4.62. The molecule has 0 saturated heterocycles. The Morgan fingerprint density at radius 1 is 1.00 bits per heavy atom. The quantitative estimate of drug-likeness (QED) is 0.381. The average molecular weight is 546 g/mol. The van der Waals surface area contributed by atoms with Gasteiger partial charge >= 0.3 is 0 Å². The summed E-state index contributed by atoms with van der Waals surface area (Å²) >= 11 is 6.12. The summed E-state index contributed by atoms with van der Waals surface area (Å²) in [7, 11) is -4.32. The van der Waals surface area contributed by atoms with Gasteiger partial charge in [0.2, 0.25) is 11.8 Å². The molecular formula is C27H29ClFN3O4S. The second kappa shape index (κ2) is 12.7. The molecule has 7 nitrogen and oxygen atoms in total. The van der Waals surface area contributed by atoms with Crippen molar-refractivity contribution in [2.45, 2.75) is 37.8 Å². The van der Waals surface area contributed by atoms with Crippen LogP contribution in [0.15, 0.2) is 83.8 Å². The van der Waals surface area contributed by atoms with Crippen molar-refractivity contribution in [2.24, 2.45) is 0 Å². The number of nitrogens with zero attached hydrogens (tertiary/aromatic N) is 2. The number of sulfonamides is 1. The Kier molecular flexibility index (Phi) is 9.66. The summed E-state index contributed by atoms with van der Waals surface area (Å²) in [6.07, 6.45) is 0.705. The minimum atomic E-state index is -4.32. The van der Waals surface area contributed by atoms with Gasteiger partial charge in [-0.1, -0.05) is 61.0 Å². The van der Waals surface area contributed by atoms with Gasteiger partial charge in [0.25, 0.3) is 10.0 Å². The molecule has 0 bridgehead atoms. The lowest BCUT2D eigenvalue weighted by atomic mass is 10.1. The summed E-state index contributed by atoms with van der Waals surface area (Å²) in [5.74, 6) is -1.87. The zero-order valence-corrected chi connectivity index (χ0v) is 22.2. The predicted molar refractivity (Wildman–Crippen MR) is 142 cm³/mol. The Morgan fingerprint density at radius 2 is 1.68 bits per heavy atom. The lowest BCUT2D eigenvalue weighted by molar-refractivity contribution is -0.139. The second-order valence-corrected chi connectivity index (χ2v) is 10.7. The summed E-state index contributed by atoms with van der Waals surface area (Å²) in [5.41, 5.74) is 0.379. The van der Waals surface area contributed by atoms with Crippen molar-refractivity contribution in [2.75, 3.05) is 17.4 Å². The molecule has 0 aliphatic carbocycles. The number of halogens is 2. The van der Waals surface area contributed by atoms with E-state index in [-0.39, 0.29) is 23.0 Å². The van der Waals surface area contributed by atoms with Crippen LogP contribution in [0, 0.1) is 5.82 Å². The summed E-state index contributed by atoms with van der Waals surface area (Å²) in [6, 6.07) is 18.7. The monoisotopic (exact) mass is 545 g/mol. The van der Waals surface area contributed by atoms with E-state index in [9.17, 15) is 22.4 Å². The lowest BCUT2D eigenvalue weighted by Gasteiger charge is -2.32. The van der Waals surface area contributed by atoms with Gasteiger partial charge in [-0.25, -0.2) is 12.8 Å². The molecule has 0 spiro atoms. The van der Waals surface area contributed by atoms with Crippen LogP contribution in [0.4, 0.5) is 10.1 Å². The molecule has 1 atom stereocenters. The molecule has 0 aliphatic rings. The number of hydrogen-bond acceptors (Lipinski definition) is 4. The number of carbonyl (C=O) groups is 2. The molecule has 0 aromatic heterocycles. The lowest BCUT2D eigenvalue weighted by Crippen LogP contribution is -2.51. The zero-order chi connectivity index (χ0) is 27.0. The number of hydrogen-bond donors (Lipinski definition) is 1. The molecule has 0 unspecified atom stereocenters. The summed E-state index contributed by atoms with van der Waals surface area (Å²) in [6.45, 7) is 3.17. The highest BCUT2D eigenvalue weighted by Gasteiger charge is 2.33. The molecule has 0 heterocycles. The number of nitrogens with one attached hydrogen (secondary N) is 1. The fraction of sp³-hybridized carbons (Fsp3) is 0.259. The molecule has 10 heteroatoms. The van der Waals surface area contributed by atoms with Gasteiger partial charge in [0, 0.05) is 18.1 Å². The molecule has 3 aromatic rings. The van der Waals surface area contributed by atoms with E-state index in [0.29, 0.717) is 23.6 Å². The molecular weight excluding hydrogens is 517 g/mol. The van der Waals surface area contributed by atoms with Crippen LogP contribution < -0.4 is 9.62 Å². The van der Waals surface area contributed by atoms with Crippen LogP contribution in [0.3, 0.4) is 0 Å². The average Bonchev–Trinajstić information content (AvgIpc) is 2.89. The highest BCUT2D eigenvalue weighted by molar-refractivity contribution is 7.92. The zero-order valence-electron chi connectivity index (χ0n) is 20.6. The van der Waals surface area contributed by atoms with Crippen molar-refractivity contribution in [3.05, 3.63) is 95.3 Å². The maximum Gasteiger partial charge on any atom is 0.264 e. The van der Waals surface area contributed by atoms with Crippen molar-refractivity contribution < 1.29 is 22.4 Å². The van der Waals surface area contributed by atoms with Crippen LogP contribution in [0.1, 0.15) is 25.8 Å². The maximum atomic E-state index is 14.8. The van der Waals surface area contributed by atoms with Gasteiger partial charge < -0.3 is 10.2 Å². The minimum Gasteiger partial charge on any atom is -0.354 e. The summed E-state index contributed by atoms with van der Waals surface area (Å²) in [5, 5.41) is 3.22. The van der Waals surface area contributed by atoms with Crippen LogP contribution in [-0.4, -0.2) is 44.3 Å². The van der Waals surface area contributed by atoms with Gasteiger partial charge in [-0.2, -0.15) is 0 Å². The van der Waals surface area contributed by atoms with Crippen LogP contribution in [0.2, 0.25) is 5.02 Å².